The number of nitrogens with zero attached hydrogens (tertiary/aromatic N) is 3. The van der Waals surface area contributed by atoms with Crippen LogP contribution in [0, 0.1) is 10.1 Å². The third kappa shape index (κ3) is 4.91. The molecule has 1 aromatic heterocycles. The minimum Gasteiger partial charge on any atom is -0.486 e. The van der Waals surface area contributed by atoms with Gasteiger partial charge in [0.2, 0.25) is 5.91 Å². The number of fused-ring (bicyclic) bond motifs is 1. The fraction of sp³-hybridized carbons (Fsp3) is 0.273. The van der Waals surface area contributed by atoms with E-state index in [4.69, 9.17) is 21.1 Å². The number of carbonyl (C=O) groups excluding carboxylic acids is 1. The van der Waals surface area contributed by atoms with Gasteiger partial charge in [-0.25, -0.2) is 4.98 Å². The average Bonchev–Trinajstić information content (AvgIpc) is 3.22. The summed E-state index contributed by atoms with van der Waals surface area (Å²) in [6, 6.07) is 9.66. The molecule has 0 fully saturated rings. The van der Waals surface area contributed by atoms with Crippen LogP contribution < -0.4 is 14.8 Å². The molecule has 0 spiro atoms. The number of aromatic nitrogens is 2. The zero-order valence-electron chi connectivity index (χ0n) is 17.9. The van der Waals surface area contributed by atoms with Gasteiger partial charge in [0.25, 0.3) is 5.69 Å². The molecular weight excluding hydrogens is 468 g/mol. The zero-order chi connectivity index (χ0) is 23.5. The maximum Gasteiger partial charge on any atom is 0.271 e. The standard InChI is InChI=1S/C22H21ClN4O5S/c1-3-26-18(14-4-7-19-20(10-14)32-9-8-31-19)12-24-22(26)33-13(2)21(28)25-17-11-15(27(29)30)5-6-16(17)23/h4-7,10-13H,3,8-9H2,1-2H3,(H,25,28). The molecule has 4 rings (SSSR count). The fourth-order valence-electron chi connectivity index (χ4n) is 3.36. The van der Waals surface area contributed by atoms with Gasteiger partial charge in [-0.2, -0.15) is 0 Å². The van der Waals surface area contributed by atoms with Crippen LogP contribution >= 0.6 is 23.4 Å². The molecular formula is C22H21ClN4O5S. The number of nitro groups is 1. The van der Waals surface area contributed by atoms with Crippen LogP contribution in [0.5, 0.6) is 11.5 Å². The molecule has 1 unspecified atom stereocenters. The fourth-order valence-corrected chi connectivity index (χ4v) is 4.48. The second kappa shape index (κ2) is 9.72. The highest BCUT2D eigenvalue weighted by molar-refractivity contribution is 8.00. The van der Waals surface area contributed by atoms with Crippen LogP contribution in [0.15, 0.2) is 47.8 Å². The Morgan fingerprint density at radius 2 is 2.03 bits per heavy atom. The molecule has 1 N–H and O–H groups in total. The van der Waals surface area contributed by atoms with E-state index in [2.05, 4.69) is 10.3 Å². The van der Waals surface area contributed by atoms with Gasteiger partial charge in [-0.05, 0) is 38.1 Å². The third-order valence-corrected chi connectivity index (χ3v) is 6.48. The van der Waals surface area contributed by atoms with Crippen LogP contribution in [-0.2, 0) is 11.3 Å². The first-order valence-electron chi connectivity index (χ1n) is 10.2. The van der Waals surface area contributed by atoms with Crippen molar-refractivity contribution in [1.29, 1.82) is 0 Å². The van der Waals surface area contributed by atoms with Crippen molar-refractivity contribution in [2.45, 2.75) is 30.8 Å². The highest BCUT2D eigenvalue weighted by Gasteiger charge is 2.22. The van der Waals surface area contributed by atoms with Gasteiger partial charge in [0, 0.05) is 24.2 Å². The number of nitrogens with one attached hydrogen (secondary N) is 1. The van der Waals surface area contributed by atoms with Crippen molar-refractivity contribution in [2.24, 2.45) is 0 Å². The van der Waals surface area contributed by atoms with Gasteiger partial charge in [-0.1, -0.05) is 23.4 Å². The molecule has 0 aliphatic carbocycles. The number of amides is 1. The average molecular weight is 489 g/mol. The Kier molecular flexibility index (Phi) is 6.75. The van der Waals surface area contributed by atoms with Crippen LogP contribution in [0.1, 0.15) is 13.8 Å². The summed E-state index contributed by atoms with van der Waals surface area (Å²) in [5, 5.41) is 14.1. The van der Waals surface area contributed by atoms with Crippen molar-refractivity contribution in [1.82, 2.24) is 9.55 Å². The molecule has 172 valence electrons. The molecule has 11 heteroatoms. The molecule has 1 aliphatic rings. The van der Waals surface area contributed by atoms with Crippen molar-refractivity contribution >= 4 is 40.6 Å². The van der Waals surface area contributed by atoms with E-state index >= 15 is 0 Å². The summed E-state index contributed by atoms with van der Waals surface area (Å²) < 4.78 is 13.3. The van der Waals surface area contributed by atoms with E-state index in [1.54, 1.807) is 13.1 Å². The van der Waals surface area contributed by atoms with E-state index in [9.17, 15) is 14.9 Å². The maximum absolute atomic E-state index is 12.8. The molecule has 9 nitrogen and oxygen atoms in total. The summed E-state index contributed by atoms with van der Waals surface area (Å²) in [6.07, 6.45) is 1.76. The van der Waals surface area contributed by atoms with Crippen LogP contribution in [0.2, 0.25) is 5.02 Å². The highest BCUT2D eigenvalue weighted by atomic mass is 35.5. The van der Waals surface area contributed by atoms with Crippen LogP contribution in [0.3, 0.4) is 0 Å². The number of halogens is 1. The SMILES string of the molecule is CCn1c(-c2ccc3c(c2)OCCO3)cnc1SC(C)C(=O)Nc1cc([N+](=O)[O-])ccc1Cl. The number of hydrogen-bond acceptors (Lipinski definition) is 7. The first kappa shape index (κ1) is 22.9. The molecule has 2 aromatic carbocycles. The zero-order valence-corrected chi connectivity index (χ0v) is 19.5. The van der Waals surface area contributed by atoms with Gasteiger partial charge in [0.05, 0.1) is 32.8 Å². The number of imidazole rings is 1. The second-order valence-electron chi connectivity index (χ2n) is 7.20. The lowest BCUT2D eigenvalue weighted by molar-refractivity contribution is -0.384. The monoisotopic (exact) mass is 488 g/mol. The van der Waals surface area contributed by atoms with Gasteiger partial charge in [0.1, 0.15) is 13.2 Å². The molecule has 0 saturated carbocycles. The normalized spacial score (nSPS) is 13.4. The Morgan fingerprint density at radius 1 is 1.27 bits per heavy atom. The Bertz CT molecular complexity index is 1220. The summed E-state index contributed by atoms with van der Waals surface area (Å²) in [4.78, 5) is 27.8. The van der Waals surface area contributed by atoms with E-state index in [0.717, 1.165) is 11.3 Å². The summed E-state index contributed by atoms with van der Waals surface area (Å²) in [7, 11) is 0. The van der Waals surface area contributed by atoms with Crippen molar-refractivity contribution in [3.05, 3.63) is 57.7 Å². The molecule has 0 saturated heterocycles. The van der Waals surface area contributed by atoms with Crippen LogP contribution in [0.4, 0.5) is 11.4 Å². The van der Waals surface area contributed by atoms with Gasteiger partial charge in [-0.15, -0.1) is 0 Å². The van der Waals surface area contributed by atoms with Crippen molar-refractivity contribution in [3.63, 3.8) is 0 Å². The number of non-ortho nitro benzene ring substituents is 1. The van der Waals surface area contributed by atoms with Crippen molar-refractivity contribution < 1.29 is 19.2 Å². The number of carbonyl (C=O) groups is 1. The van der Waals surface area contributed by atoms with Gasteiger partial charge < -0.3 is 19.4 Å². The first-order chi connectivity index (χ1) is 15.9. The summed E-state index contributed by atoms with van der Waals surface area (Å²) in [5.41, 5.74) is 1.87. The molecule has 2 heterocycles. The summed E-state index contributed by atoms with van der Waals surface area (Å²) in [5.74, 6) is 1.07. The van der Waals surface area contributed by atoms with Gasteiger partial charge >= 0.3 is 0 Å². The van der Waals surface area contributed by atoms with E-state index in [0.29, 0.717) is 36.4 Å². The number of ether oxygens (including phenoxy) is 2. The van der Waals surface area contributed by atoms with Gasteiger partial charge in [-0.3, -0.25) is 14.9 Å². The summed E-state index contributed by atoms with van der Waals surface area (Å²) in [6.45, 7) is 5.43. The predicted molar refractivity (Wildman–Crippen MR) is 126 cm³/mol. The molecule has 1 aliphatic heterocycles. The van der Waals surface area contributed by atoms with Gasteiger partial charge in [0.15, 0.2) is 16.7 Å². The molecule has 0 bridgehead atoms. The molecule has 0 radical (unpaired) electrons. The maximum atomic E-state index is 12.8. The lowest BCUT2D eigenvalue weighted by Gasteiger charge is -2.19. The number of benzene rings is 2. The van der Waals surface area contributed by atoms with E-state index in [-0.39, 0.29) is 22.3 Å². The molecule has 3 aromatic rings. The minimum absolute atomic E-state index is 0.152. The number of rotatable bonds is 7. The minimum atomic E-state index is -0.540. The number of hydrogen-bond donors (Lipinski definition) is 1. The molecule has 1 amide bonds. The Hall–Kier alpha value is -3.24. The lowest BCUT2D eigenvalue weighted by atomic mass is 10.1. The van der Waals surface area contributed by atoms with Crippen LogP contribution in [0.25, 0.3) is 11.3 Å². The number of thioether (sulfide) groups is 1. The molecule has 33 heavy (non-hydrogen) atoms. The number of anilines is 1. The van der Waals surface area contributed by atoms with E-state index in [1.807, 2.05) is 29.7 Å². The first-order valence-corrected chi connectivity index (χ1v) is 11.5. The second-order valence-corrected chi connectivity index (χ2v) is 8.91. The largest absolute Gasteiger partial charge is 0.486 e. The topological polar surface area (TPSA) is 109 Å². The molecule has 1 atom stereocenters. The Labute approximate surface area is 199 Å². The van der Waals surface area contributed by atoms with E-state index in [1.165, 1.54) is 30.0 Å². The van der Waals surface area contributed by atoms with Crippen LogP contribution in [-0.4, -0.2) is 38.8 Å². The van der Waals surface area contributed by atoms with Crippen molar-refractivity contribution in [3.8, 4) is 22.8 Å². The van der Waals surface area contributed by atoms with E-state index < -0.39 is 10.2 Å². The van der Waals surface area contributed by atoms with Crippen molar-refractivity contribution in [2.75, 3.05) is 18.5 Å². The smallest absolute Gasteiger partial charge is 0.271 e. The lowest BCUT2D eigenvalue weighted by Crippen LogP contribution is -2.23. The quantitative estimate of drug-likeness (QED) is 0.282. The predicted octanol–water partition coefficient (Wildman–Crippen LogP) is 5.02. The third-order valence-electron chi connectivity index (χ3n) is 5.04. The number of nitro benzene ring substituents is 1. The Balaban J connectivity index is 1.51. The Morgan fingerprint density at radius 3 is 2.76 bits per heavy atom. The summed E-state index contributed by atoms with van der Waals surface area (Å²) >= 11 is 7.39. The highest BCUT2D eigenvalue weighted by Crippen LogP contribution is 2.36.